The number of carbonyl (C=O) groups is 2. The highest BCUT2D eigenvalue weighted by Gasteiger charge is 2.30. The Balaban J connectivity index is 3.00. The van der Waals surface area contributed by atoms with Gasteiger partial charge in [-0.05, 0) is 19.1 Å². The zero-order chi connectivity index (χ0) is 17.6. The van der Waals surface area contributed by atoms with Gasteiger partial charge in [-0.25, -0.2) is 9.59 Å². The Morgan fingerprint density at radius 1 is 1.13 bits per heavy atom. The molecule has 23 heavy (non-hydrogen) atoms. The van der Waals surface area contributed by atoms with Crippen LogP contribution in [0.1, 0.15) is 12.0 Å². The van der Waals surface area contributed by atoms with Gasteiger partial charge < -0.3 is 9.47 Å². The van der Waals surface area contributed by atoms with Crippen molar-refractivity contribution >= 4 is 22.1 Å². The Bertz CT molecular complexity index is 689. The van der Waals surface area contributed by atoms with Gasteiger partial charge in [0.1, 0.15) is 0 Å². The Kier molecular flexibility index (Phi) is 6.47. The van der Waals surface area contributed by atoms with Crippen LogP contribution in [-0.2, 0) is 33.4 Å². The molecule has 0 aliphatic rings. The van der Waals surface area contributed by atoms with Crippen LogP contribution in [0.4, 0.5) is 0 Å². The van der Waals surface area contributed by atoms with E-state index in [2.05, 4.69) is 16.1 Å². The predicted octanol–water partition coefficient (Wildman–Crippen LogP) is 1.36. The quantitative estimate of drug-likeness (QED) is 0.419. The van der Waals surface area contributed by atoms with Crippen molar-refractivity contribution < 1.29 is 31.7 Å². The molecule has 0 N–H and O–H groups in total. The average molecular weight is 342 g/mol. The van der Waals surface area contributed by atoms with Gasteiger partial charge in [-0.3, -0.25) is 4.18 Å². The van der Waals surface area contributed by atoms with Crippen molar-refractivity contribution in [1.82, 2.24) is 0 Å². The largest absolute Gasteiger partial charge is 0.467 e. The minimum Gasteiger partial charge on any atom is -0.467 e. The summed E-state index contributed by atoms with van der Waals surface area (Å²) >= 11 is 0. The number of aryl methyl sites for hydroxylation is 1. The summed E-state index contributed by atoms with van der Waals surface area (Å²) in [6.07, 6.45) is -1.90. The normalized spacial score (nSPS) is 12.3. The number of hydrogen-bond acceptors (Lipinski definition) is 7. The molecule has 0 fully saturated rings. The molecule has 0 spiro atoms. The number of esters is 2. The number of carbonyl (C=O) groups excluding carboxylic acids is 2. The summed E-state index contributed by atoms with van der Waals surface area (Å²) in [6.45, 7) is 5.24. The molecule has 0 heterocycles. The van der Waals surface area contributed by atoms with Crippen LogP contribution in [0.5, 0.6) is 0 Å². The van der Waals surface area contributed by atoms with Gasteiger partial charge in [-0.15, -0.1) is 0 Å². The standard InChI is InChI=1S/C15H18O7S/c1-10-5-7-12(8-6-10)23(18,19)22-13(15(17)21-4)9-11(2)14(16)20-3/h5-8,13H,2,9H2,1,3-4H3. The minimum absolute atomic E-state index is 0.109. The van der Waals surface area contributed by atoms with Crippen LogP contribution < -0.4 is 0 Å². The SMILES string of the molecule is C=C(CC(OS(=O)(=O)c1ccc(C)cc1)C(=O)OC)C(=O)OC. The van der Waals surface area contributed by atoms with E-state index in [9.17, 15) is 18.0 Å². The van der Waals surface area contributed by atoms with E-state index in [4.69, 9.17) is 4.18 Å². The van der Waals surface area contributed by atoms with Gasteiger partial charge in [0.2, 0.25) is 0 Å². The van der Waals surface area contributed by atoms with Gasteiger partial charge in [0.05, 0.1) is 19.1 Å². The molecule has 0 aliphatic carbocycles. The molecule has 0 aliphatic heterocycles. The minimum atomic E-state index is -4.20. The molecule has 1 aromatic rings. The van der Waals surface area contributed by atoms with Crippen LogP contribution in [0.15, 0.2) is 41.3 Å². The van der Waals surface area contributed by atoms with E-state index in [1.54, 1.807) is 19.1 Å². The van der Waals surface area contributed by atoms with Crippen molar-refractivity contribution in [1.29, 1.82) is 0 Å². The number of hydrogen-bond donors (Lipinski definition) is 0. The van der Waals surface area contributed by atoms with Crippen molar-refractivity contribution in [2.45, 2.75) is 24.3 Å². The lowest BCUT2D eigenvalue weighted by Gasteiger charge is -2.16. The molecular formula is C15H18O7S. The lowest BCUT2D eigenvalue weighted by Crippen LogP contribution is -2.30. The zero-order valence-electron chi connectivity index (χ0n) is 13.1. The van der Waals surface area contributed by atoms with Crippen molar-refractivity contribution in [2.24, 2.45) is 0 Å². The molecule has 0 amide bonds. The summed E-state index contributed by atoms with van der Waals surface area (Å²) in [6, 6.07) is 5.90. The Hall–Kier alpha value is -2.19. The van der Waals surface area contributed by atoms with Crippen LogP contribution in [0.2, 0.25) is 0 Å². The van der Waals surface area contributed by atoms with E-state index < -0.39 is 28.2 Å². The van der Waals surface area contributed by atoms with Gasteiger partial charge in [-0.1, -0.05) is 24.3 Å². The highest BCUT2D eigenvalue weighted by molar-refractivity contribution is 7.86. The first-order valence-corrected chi connectivity index (χ1v) is 7.96. The second-order valence-electron chi connectivity index (χ2n) is 4.67. The maximum atomic E-state index is 12.2. The summed E-state index contributed by atoms with van der Waals surface area (Å²) in [5.41, 5.74) is 0.759. The topological polar surface area (TPSA) is 96.0 Å². The van der Waals surface area contributed by atoms with Gasteiger partial charge in [0, 0.05) is 12.0 Å². The molecule has 1 unspecified atom stereocenters. The van der Waals surface area contributed by atoms with Crippen molar-refractivity contribution in [2.75, 3.05) is 14.2 Å². The van der Waals surface area contributed by atoms with Crippen molar-refractivity contribution in [3.8, 4) is 0 Å². The molecule has 0 bridgehead atoms. The summed E-state index contributed by atoms with van der Waals surface area (Å²) in [4.78, 5) is 23.0. The third-order valence-corrected chi connectivity index (χ3v) is 4.26. The summed E-state index contributed by atoms with van der Waals surface area (Å²) < 4.78 is 38.3. The second kappa shape index (κ2) is 7.89. The maximum absolute atomic E-state index is 12.2. The molecule has 126 valence electrons. The summed E-state index contributed by atoms with van der Waals surface area (Å²) in [7, 11) is -1.98. The van der Waals surface area contributed by atoms with Gasteiger partial charge in [-0.2, -0.15) is 8.42 Å². The molecule has 1 rings (SSSR count). The third kappa shape index (κ3) is 5.19. The first-order chi connectivity index (χ1) is 10.7. The third-order valence-electron chi connectivity index (χ3n) is 2.92. The fourth-order valence-corrected chi connectivity index (χ4v) is 2.69. The van der Waals surface area contributed by atoms with Crippen molar-refractivity contribution in [3.05, 3.63) is 42.0 Å². The van der Waals surface area contributed by atoms with E-state index in [0.29, 0.717) is 0 Å². The number of ether oxygens (including phenoxy) is 2. The Morgan fingerprint density at radius 3 is 2.17 bits per heavy atom. The fraction of sp³-hybridized carbons (Fsp3) is 0.333. The zero-order valence-corrected chi connectivity index (χ0v) is 13.9. The monoisotopic (exact) mass is 342 g/mol. The van der Waals surface area contributed by atoms with E-state index in [1.165, 1.54) is 12.1 Å². The molecule has 0 saturated carbocycles. The fourth-order valence-electron chi connectivity index (χ4n) is 1.65. The van der Waals surface area contributed by atoms with Crippen LogP contribution in [-0.4, -0.2) is 40.7 Å². The Labute approximate surface area is 135 Å². The van der Waals surface area contributed by atoms with Gasteiger partial charge in [0.25, 0.3) is 10.1 Å². The molecular weight excluding hydrogens is 324 g/mol. The predicted molar refractivity (Wildman–Crippen MR) is 81.0 cm³/mol. The molecule has 1 atom stereocenters. The smallest absolute Gasteiger partial charge is 0.336 e. The first-order valence-electron chi connectivity index (χ1n) is 6.55. The molecule has 0 radical (unpaired) electrons. The van der Waals surface area contributed by atoms with Crippen LogP contribution in [0, 0.1) is 6.92 Å². The van der Waals surface area contributed by atoms with Gasteiger partial charge in [0.15, 0.2) is 6.10 Å². The highest BCUT2D eigenvalue weighted by atomic mass is 32.2. The van der Waals surface area contributed by atoms with Gasteiger partial charge >= 0.3 is 11.9 Å². The molecule has 1 aromatic carbocycles. The van der Waals surface area contributed by atoms with E-state index >= 15 is 0 Å². The molecule has 0 saturated heterocycles. The van der Waals surface area contributed by atoms with E-state index in [1.807, 2.05) is 0 Å². The Morgan fingerprint density at radius 2 is 1.70 bits per heavy atom. The summed E-state index contributed by atoms with van der Waals surface area (Å²) in [5, 5.41) is 0. The number of methoxy groups -OCH3 is 2. The maximum Gasteiger partial charge on any atom is 0.336 e. The van der Waals surface area contributed by atoms with E-state index in [0.717, 1.165) is 19.8 Å². The number of rotatable bonds is 7. The number of benzene rings is 1. The van der Waals surface area contributed by atoms with E-state index in [-0.39, 0.29) is 16.9 Å². The van der Waals surface area contributed by atoms with Crippen LogP contribution >= 0.6 is 0 Å². The highest BCUT2D eigenvalue weighted by Crippen LogP contribution is 2.19. The molecule has 0 aromatic heterocycles. The average Bonchev–Trinajstić information content (AvgIpc) is 2.52. The summed E-state index contributed by atoms with van der Waals surface area (Å²) in [5.74, 6) is -1.71. The van der Waals surface area contributed by atoms with Crippen LogP contribution in [0.25, 0.3) is 0 Å². The van der Waals surface area contributed by atoms with Crippen molar-refractivity contribution in [3.63, 3.8) is 0 Å². The second-order valence-corrected chi connectivity index (χ2v) is 6.25. The molecule has 7 nitrogen and oxygen atoms in total. The van der Waals surface area contributed by atoms with Crippen LogP contribution in [0.3, 0.4) is 0 Å². The molecule has 8 heteroatoms. The lowest BCUT2D eigenvalue weighted by molar-refractivity contribution is -0.148. The first kappa shape index (κ1) is 18.9. The lowest BCUT2D eigenvalue weighted by atomic mass is 10.1.